The highest BCUT2D eigenvalue weighted by Gasteiger charge is 2.32. The van der Waals surface area contributed by atoms with Crippen LogP contribution in [0.25, 0.3) is 11.4 Å². The molecule has 3 heterocycles. The highest BCUT2D eigenvalue weighted by molar-refractivity contribution is 5.97. The van der Waals surface area contributed by atoms with Crippen molar-refractivity contribution in [3.8, 4) is 17.1 Å². The summed E-state index contributed by atoms with van der Waals surface area (Å²) in [6.45, 7) is 0.446. The molecule has 0 saturated carbocycles. The normalized spacial score (nSPS) is 15.7. The van der Waals surface area contributed by atoms with E-state index in [1.807, 2.05) is 0 Å². The number of hydrogen-bond donors (Lipinski definition) is 1. The molecule has 8 nitrogen and oxygen atoms in total. The summed E-state index contributed by atoms with van der Waals surface area (Å²) in [5, 5.41) is 2.78. The summed E-state index contributed by atoms with van der Waals surface area (Å²) in [6.07, 6.45) is -0.570. The Morgan fingerprint density at radius 3 is 2.72 bits per heavy atom. The van der Waals surface area contributed by atoms with Crippen LogP contribution in [0.1, 0.15) is 40.6 Å². The van der Waals surface area contributed by atoms with Gasteiger partial charge in [-0.15, -0.1) is 0 Å². The first-order valence-electron chi connectivity index (χ1n) is 9.72. The fourth-order valence-corrected chi connectivity index (χ4v) is 3.60. The lowest BCUT2D eigenvalue weighted by Crippen LogP contribution is -2.38. The van der Waals surface area contributed by atoms with Crippen molar-refractivity contribution in [1.29, 1.82) is 0 Å². The summed E-state index contributed by atoms with van der Waals surface area (Å²) in [4.78, 5) is 38.0. The number of hydrogen-bond acceptors (Lipinski definition) is 6. The van der Waals surface area contributed by atoms with Crippen LogP contribution in [-0.2, 0) is 12.7 Å². The molecule has 0 radical (unpaired) electrons. The second kappa shape index (κ2) is 8.40. The van der Waals surface area contributed by atoms with Gasteiger partial charge in [-0.2, -0.15) is 13.2 Å². The molecule has 2 aromatic heterocycles. The summed E-state index contributed by atoms with van der Waals surface area (Å²) in [5.74, 6) is -0.472. The molecule has 1 unspecified atom stereocenters. The van der Waals surface area contributed by atoms with Crippen LogP contribution in [0.5, 0.6) is 5.75 Å². The van der Waals surface area contributed by atoms with Crippen LogP contribution in [0.4, 0.5) is 13.2 Å². The molecule has 1 aliphatic heterocycles. The Hall–Kier alpha value is -3.76. The molecule has 1 aromatic carbocycles. The Morgan fingerprint density at radius 2 is 2.03 bits per heavy atom. The van der Waals surface area contributed by atoms with E-state index in [1.165, 1.54) is 30.3 Å². The molecule has 32 heavy (non-hydrogen) atoms. The lowest BCUT2D eigenvalue weighted by Gasteiger charge is -2.27. The summed E-state index contributed by atoms with van der Waals surface area (Å²) in [6, 6.07) is 5.04. The Morgan fingerprint density at radius 1 is 1.22 bits per heavy atom. The van der Waals surface area contributed by atoms with E-state index in [0.717, 1.165) is 18.2 Å². The van der Waals surface area contributed by atoms with Crippen LogP contribution in [0.2, 0.25) is 0 Å². The molecule has 1 amide bonds. The predicted octanol–water partition coefficient (Wildman–Crippen LogP) is 2.99. The lowest BCUT2D eigenvalue weighted by atomic mass is 10.0. The largest absolute Gasteiger partial charge is 0.496 e. The number of carbonyl (C=O) groups excluding carboxylic acids is 1. The minimum absolute atomic E-state index is 0.0491. The van der Waals surface area contributed by atoms with Gasteiger partial charge in [0, 0.05) is 18.8 Å². The molecule has 0 saturated heterocycles. The molecular weight excluding hydrogens is 427 g/mol. The van der Waals surface area contributed by atoms with Crippen LogP contribution in [0.15, 0.2) is 47.7 Å². The number of benzene rings is 1. The van der Waals surface area contributed by atoms with E-state index in [2.05, 4.69) is 20.3 Å². The number of amides is 1. The number of nitrogens with one attached hydrogen (secondary N) is 1. The molecule has 0 fully saturated rings. The zero-order valence-corrected chi connectivity index (χ0v) is 16.9. The maximum absolute atomic E-state index is 13.0. The zero-order valence-electron chi connectivity index (χ0n) is 16.9. The number of fused-ring (bicyclic) bond motifs is 1. The van der Waals surface area contributed by atoms with Crippen molar-refractivity contribution in [3.05, 3.63) is 70.2 Å². The topological polar surface area (TPSA) is 99.0 Å². The average Bonchev–Trinajstić information content (AvgIpc) is 2.79. The van der Waals surface area contributed by atoms with Gasteiger partial charge < -0.3 is 10.1 Å². The molecule has 1 atom stereocenters. The van der Waals surface area contributed by atoms with Crippen LogP contribution < -0.4 is 15.6 Å². The van der Waals surface area contributed by atoms with Gasteiger partial charge in [-0.05, 0) is 37.1 Å². The summed E-state index contributed by atoms with van der Waals surface area (Å²) < 4.78 is 45.4. The third kappa shape index (κ3) is 4.18. The Labute approximate surface area is 180 Å². The predicted molar refractivity (Wildman–Crippen MR) is 107 cm³/mol. The van der Waals surface area contributed by atoms with E-state index in [9.17, 15) is 22.8 Å². The van der Waals surface area contributed by atoms with Crippen LogP contribution in [0.3, 0.4) is 0 Å². The van der Waals surface area contributed by atoms with Crippen molar-refractivity contribution < 1.29 is 22.7 Å². The van der Waals surface area contributed by atoms with Crippen molar-refractivity contribution in [2.75, 3.05) is 7.11 Å². The van der Waals surface area contributed by atoms with Gasteiger partial charge in [0.15, 0.2) is 0 Å². The first-order valence-corrected chi connectivity index (χ1v) is 9.72. The number of halogens is 3. The zero-order chi connectivity index (χ0) is 22.9. The fourth-order valence-electron chi connectivity index (χ4n) is 3.60. The van der Waals surface area contributed by atoms with Crippen molar-refractivity contribution in [2.45, 2.75) is 31.6 Å². The Bertz CT molecular complexity index is 1210. The first-order chi connectivity index (χ1) is 15.3. The summed E-state index contributed by atoms with van der Waals surface area (Å²) in [7, 11) is 1.19. The van der Waals surface area contributed by atoms with Gasteiger partial charge in [-0.3, -0.25) is 14.2 Å². The van der Waals surface area contributed by atoms with Crippen LogP contribution >= 0.6 is 0 Å². The quantitative estimate of drug-likeness (QED) is 0.663. The van der Waals surface area contributed by atoms with E-state index < -0.39 is 23.7 Å². The molecule has 4 rings (SSSR count). The van der Waals surface area contributed by atoms with E-state index in [-0.39, 0.29) is 16.9 Å². The minimum Gasteiger partial charge on any atom is -0.496 e. The highest BCUT2D eigenvalue weighted by Crippen LogP contribution is 2.33. The molecule has 11 heteroatoms. The number of alkyl halides is 3. The van der Waals surface area contributed by atoms with Crippen molar-refractivity contribution in [2.24, 2.45) is 0 Å². The average molecular weight is 445 g/mol. The second-order valence-corrected chi connectivity index (χ2v) is 7.17. The third-order valence-electron chi connectivity index (χ3n) is 5.15. The van der Waals surface area contributed by atoms with Gasteiger partial charge in [0.05, 0.1) is 35.7 Å². The molecule has 0 aliphatic carbocycles. The van der Waals surface area contributed by atoms with Gasteiger partial charge in [-0.25, -0.2) is 15.0 Å². The van der Waals surface area contributed by atoms with Crippen LogP contribution in [0, 0.1) is 0 Å². The number of aromatic nitrogens is 4. The molecule has 0 bridgehead atoms. The maximum atomic E-state index is 13.0. The maximum Gasteiger partial charge on any atom is 0.416 e. The number of methoxy groups -OCH3 is 1. The first kappa shape index (κ1) is 21.5. The number of carbonyl (C=O) groups is 1. The number of nitrogens with zero attached hydrogens (tertiary/aromatic N) is 4. The summed E-state index contributed by atoms with van der Waals surface area (Å²) >= 11 is 0. The van der Waals surface area contributed by atoms with Crippen molar-refractivity contribution >= 4 is 5.91 Å². The third-order valence-corrected chi connectivity index (χ3v) is 5.15. The van der Waals surface area contributed by atoms with Crippen LogP contribution in [-0.4, -0.2) is 32.5 Å². The Balaban J connectivity index is 1.67. The Kier molecular flexibility index (Phi) is 5.64. The minimum atomic E-state index is -4.56. The number of rotatable bonds is 4. The molecule has 0 spiro atoms. The van der Waals surface area contributed by atoms with Gasteiger partial charge in [0.1, 0.15) is 17.9 Å². The van der Waals surface area contributed by atoms with Gasteiger partial charge >= 0.3 is 6.18 Å². The molecule has 3 aromatic rings. The van der Waals surface area contributed by atoms with Gasteiger partial charge in [0.2, 0.25) is 0 Å². The van der Waals surface area contributed by atoms with E-state index in [0.29, 0.717) is 36.6 Å². The highest BCUT2D eigenvalue weighted by atomic mass is 19.4. The van der Waals surface area contributed by atoms with Gasteiger partial charge in [-0.1, -0.05) is 0 Å². The molecule has 1 N–H and O–H groups in total. The molecule has 166 valence electrons. The van der Waals surface area contributed by atoms with E-state index >= 15 is 0 Å². The fraction of sp³-hybridized carbons (Fsp3) is 0.286. The molecule has 1 aliphatic rings. The smallest absolute Gasteiger partial charge is 0.416 e. The van der Waals surface area contributed by atoms with Gasteiger partial charge in [0.25, 0.3) is 11.5 Å². The standard InChI is InChI=1S/C21H18F3N5O3/c1-32-17-9-12(21(22,23)24)4-5-13(17)20(31)28-15-3-2-8-29-18(30)10-16(27-19(15)29)14-6-7-25-11-26-14/h4-7,9-11,15H,2-3,8H2,1H3,(H,28,31). The monoisotopic (exact) mass is 445 g/mol. The lowest BCUT2D eigenvalue weighted by molar-refractivity contribution is -0.137. The summed E-state index contributed by atoms with van der Waals surface area (Å²) in [5.41, 5.74) is -0.448. The number of ether oxygens (including phenoxy) is 1. The van der Waals surface area contributed by atoms with Crippen molar-refractivity contribution in [3.63, 3.8) is 0 Å². The molecular formula is C21H18F3N5O3. The van der Waals surface area contributed by atoms with E-state index in [1.54, 1.807) is 6.07 Å². The van der Waals surface area contributed by atoms with E-state index in [4.69, 9.17) is 4.74 Å². The SMILES string of the molecule is COc1cc(C(F)(F)F)ccc1C(=O)NC1CCCn2c1nc(-c1ccncn1)cc2=O. The second-order valence-electron chi connectivity index (χ2n) is 7.17. The van der Waals surface area contributed by atoms with Crippen molar-refractivity contribution in [1.82, 2.24) is 24.8 Å².